The van der Waals surface area contributed by atoms with Crippen molar-refractivity contribution in [1.29, 1.82) is 0 Å². The van der Waals surface area contributed by atoms with Gasteiger partial charge in [-0.2, -0.15) is 0 Å². The van der Waals surface area contributed by atoms with E-state index in [0.29, 0.717) is 18.1 Å². The Bertz CT molecular complexity index is 1400. The summed E-state index contributed by atoms with van der Waals surface area (Å²) in [6.07, 6.45) is -7.53. The summed E-state index contributed by atoms with van der Waals surface area (Å²) in [6, 6.07) is 0. The second-order valence-electron chi connectivity index (χ2n) is 18.8. The summed E-state index contributed by atoms with van der Waals surface area (Å²) in [5, 5.41) is 54.4. The zero-order chi connectivity index (χ0) is 37.5. The van der Waals surface area contributed by atoms with Gasteiger partial charge in [0, 0.05) is 10.8 Å². The molecule has 4 saturated carbocycles. The molecule has 7 aliphatic rings. The van der Waals surface area contributed by atoms with E-state index in [4.69, 9.17) is 18.9 Å². The molecule has 0 aromatic heterocycles. The number of rotatable bonds is 7. The van der Waals surface area contributed by atoms with Crippen molar-refractivity contribution < 1.29 is 62.4 Å². The zero-order valence-corrected chi connectivity index (χ0v) is 31.2. The molecular formula is C38H59F3O10. The summed E-state index contributed by atoms with van der Waals surface area (Å²) >= 11 is 0. The van der Waals surface area contributed by atoms with Gasteiger partial charge < -0.3 is 44.5 Å². The summed E-state index contributed by atoms with van der Waals surface area (Å²) in [7, 11) is 0. The van der Waals surface area contributed by atoms with Gasteiger partial charge in [0.15, 0.2) is 12.6 Å². The molecule has 0 amide bonds. The average Bonchev–Trinajstić information content (AvgIpc) is 3.64. The first-order valence-electron chi connectivity index (χ1n) is 19.0. The minimum atomic E-state index is -4.91. The molecule has 292 valence electrons. The summed E-state index contributed by atoms with van der Waals surface area (Å²) in [4.78, 5) is 0. The topological polar surface area (TPSA) is 147 Å². The maximum atomic E-state index is 13.0. The van der Waals surface area contributed by atoms with Crippen LogP contribution in [0.4, 0.5) is 13.2 Å². The Morgan fingerprint density at radius 3 is 2.20 bits per heavy atom. The molecule has 5 N–H and O–H groups in total. The second-order valence-corrected chi connectivity index (χ2v) is 18.8. The normalized spacial score (nSPS) is 50.2. The molecule has 16 atom stereocenters. The van der Waals surface area contributed by atoms with Crippen molar-refractivity contribution in [2.24, 2.45) is 44.8 Å². The molecule has 5 aliphatic carbocycles. The van der Waals surface area contributed by atoms with Gasteiger partial charge in [-0.1, -0.05) is 34.6 Å². The number of halogens is 3. The maximum Gasteiger partial charge on any atom is 0.524 e. The van der Waals surface area contributed by atoms with Crippen LogP contribution in [0.2, 0.25) is 0 Å². The Kier molecular flexibility index (Phi) is 8.99. The largest absolute Gasteiger partial charge is 0.524 e. The van der Waals surface area contributed by atoms with Crippen LogP contribution in [0.3, 0.4) is 0 Å². The average molecular weight is 733 g/mol. The number of ether oxygens (including phenoxy) is 5. The first-order valence-corrected chi connectivity index (χ1v) is 19.0. The first-order chi connectivity index (χ1) is 23.4. The van der Waals surface area contributed by atoms with Crippen molar-refractivity contribution in [3.8, 4) is 0 Å². The van der Waals surface area contributed by atoms with Gasteiger partial charge in [0.1, 0.15) is 42.4 Å². The standard InChI is InChI=1S/C38H59F3O10/c1-18-15-21(30(33(5,6)46)48-19(2)51-38(39,40)41)49-28-25(18)34(7)13-14-37-17-36(37)12-11-24(50-31-27(44)26(43)20(42)16-47-31)32(3,4)22(36)9-10-23(37)35(34,8)29(28)45/h18-24,26-27,29-31,42-46H,9-17H2,1-8H3. The van der Waals surface area contributed by atoms with Gasteiger partial charge >= 0.3 is 6.36 Å². The van der Waals surface area contributed by atoms with Crippen LogP contribution in [0.25, 0.3) is 0 Å². The summed E-state index contributed by atoms with van der Waals surface area (Å²) in [5.74, 6) is 0.991. The fraction of sp³-hybridized carbons (Fsp3) is 0.947. The Morgan fingerprint density at radius 1 is 0.902 bits per heavy atom. The van der Waals surface area contributed by atoms with Gasteiger partial charge in [-0.25, -0.2) is 0 Å². The second kappa shape index (κ2) is 12.0. The Balaban J connectivity index is 1.13. The van der Waals surface area contributed by atoms with E-state index in [1.165, 1.54) is 13.8 Å². The lowest BCUT2D eigenvalue weighted by Crippen LogP contribution is -2.61. The predicted octanol–water partition coefficient (Wildman–Crippen LogP) is 4.93. The zero-order valence-electron chi connectivity index (χ0n) is 31.2. The van der Waals surface area contributed by atoms with E-state index in [2.05, 4.69) is 39.4 Å². The van der Waals surface area contributed by atoms with E-state index in [1.807, 2.05) is 0 Å². The summed E-state index contributed by atoms with van der Waals surface area (Å²) in [6.45, 7) is 15.1. The molecule has 2 heterocycles. The Labute approximate surface area is 299 Å². The van der Waals surface area contributed by atoms with Gasteiger partial charge in [0.2, 0.25) is 0 Å². The number of allylic oxidation sites excluding steroid dienone is 1. The summed E-state index contributed by atoms with van der Waals surface area (Å²) in [5.41, 5.74) is -1.51. The highest BCUT2D eigenvalue weighted by atomic mass is 19.4. The quantitative estimate of drug-likeness (QED) is 0.180. The van der Waals surface area contributed by atoms with Crippen LogP contribution in [-0.4, -0.2) is 99.4 Å². The van der Waals surface area contributed by atoms with E-state index in [0.717, 1.165) is 57.4 Å². The maximum absolute atomic E-state index is 13.0. The van der Waals surface area contributed by atoms with Crippen molar-refractivity contribution in [2.75, 3.05) is 6.61 Å². The smallest absolute Gasteiger partial charge is 0.489 e. The third-order valence-corrected chi connectivity index (χ3v) is 15.6. The minimum absolute atomic E-state index is 0.0366. The van der Waals surface area contributed by atoms with E-state index < -0.39 is 66.6 Å². The van der Waals surface area contributed by atoms with Crippen LogP contribution in [0, 0.1) is 44.8 Å². The molecule has 0 aromatic rings. The molecule has 13 heteroatoms. The van der Waals surface area contributed by atoms with Crippen LogP contribution in [-0.2, 0) is 23.7 Å². The molecule has 7 rings (SSSR count). The van der Waals surface area contributed by atoms with Gasteiger partial charge in [-0.15, -0.1) is 13.2 Å². The van der Waals surface area contributed by atoms with Crippen LogP contribution in [0.5, 0.6) is 0 Å². The van der Waals surface area contributed by atoms with Crippen molar-refractivity contribution >= 4 is 0 Å². The van der Waals surface area contributed by atoms with E-state index in [-0.39, 0.29) is 46.2 Å². The third-order valence-electron chi connectivity index (χ3n) is 15.6. The lowest BCUT2D eigenvalue weighted by atomic mass is 9.41. The fourth-order valence-corrected chi connectivity index (χ4v) is 13.3. The van der Waals surface area contributed by atoms with Gasteiger partial charge in [0.05, 0.1) is 18.3 Å². The van der Waals surface area contributed by atoms with Crippen LogP contribution in [0.15, 0.2) is 11.3 Å². The molecule has 10 nitrogen and oxygen atoms in total. The van der Waals surface area contributed by atoms with Crippen LogP contribution >= 0.6 is 0 Å². The number of hydrogen-bond acceptors (Lipinski definition) is 10. The number of aliphatic hydroxyl groups is 5. The minimum Gasteiger partial charge on any atom is -0.489 e. The third kappa shape index (κ3) is 5.44. The van der Waals surface area contributed by atoms with E-state index >= 15 is 0 Å². The lowest BCUT2D eigenvalue weighted by molar-refractivity contribution is -0.387. The molecule has 1 saturated heterocycles. The molecule has 0 aromatic carbocycles. The van der Waals surface area contributed by atoms with Crippen molar-refractivity contribution in [1.82, 2.24) is 0 Å². The number of aliphatic hydroxyl groups excluding tert-OH is 4. The van der Waals surface area contributed by atoms with E-state index in [1.54, 1.807) is 0 Å². The molecule has 5 fully saturated rings. The lowest BCUT2D eigenvalue weighted by Gasteiger charge is -2.63. The van der Waals surface area contributed by atoms with Gasteiger partial charge in [-0.05, 0) is 112 Å². The van der Waals surface area contributed by atoms with Crippen molar-refractivity contribution in [3.63, 3.8) is 0 Å². The number of fused-ring (bicyclic) bond motifs is 3. The molecule has 2 spiro atoms. The summed E-state index contributed by atoms with van der Waals surface area (Å²) < 4.78 is 67.6. The fourth-order valence-electron chi connectivity index (χ4n) is 13.3. The molecule has 2 aliphatic heterocycles. The predicted molar refractivity (Wildman–Crippen MR) is 176 cm³/mol. The Hall–Kier alpha value is -1.03. The van der Waals surface area contributed by atoms with Crippen LogP contribution in [0.1, 0.15) is 107 Å². The highest BCUT2D eigenvalue weighted by molar-refractivity contribution is 5.43. The molecule has 51 heavy (non-hydrogen) atoms. The molecule has 16 unspecified atom stereocenters. The molecule has 0 bridgehead atoms. The highest BCUT2D eigenvalue weighted by Gasteiger charge is 2.83. The SMILES string of the molecule is CC(OC(C1CC(C)C2=C(O1)C(O)C1(C)C3CCC4C(C)(C)C(OC5OCC(O)C(O)C5O)CCC45CC35CCC21C)C(C)(C)O)OC(F)(F)F. The van der Waals surface area contributed by atoms with Crippen molar-refractivity contribution in [2.45, 2.75) is 174 Å². The Morgan fingerprint density at radius 2 is 1.55 bits per heavy atom. The number of alkyl halides is 3. The monoisotopic (exact) mass is 732 g/mol. The van der Waals surface area contributed by atoms with E-state index in [9.17, 15) is 38.7 Å². The first kappa shape index (κ1) is 38.3. The molecule has 0 radical (unpaired) electrons. The van der Waals surface area contributed by atoms with Gasteiger partial charge in [-0.3, -0.25) is 4.74 Å². The van der Waals surface area contributed by atoms with Crippen LogP contribution < -0.4 is 0 Å². The number of hydrogen-bond donors (Lipinski definition) is 5. The van der Waals surface area contributed by atoms with Crippen molar-refractivity contribution in [3.05, 3.63) is 11.3 Å². The molecular weight excluding hydrogens is 673 g/mol. The highest BCUT2D eigenvalue weighted by Crippen LogP contribution is 2.89. The van der Waals surface area contributed by atoms with Gasteiger partial charge in [0.25, 0.3) is 0 Å².